The van der Waals surface area contributed by atoms with E-state index in [2.05, 4.69) is 26.3 Å². The molecular weight excluding hydrogens is 381 g/mol. The summed E-state index contributed by atoms with van der Waals surface area (Å²) in [5.74, 6) is 0.397. The van der Waals surface area contributed by atoms with Crippen molar-refractivity contribution in [3.63, 3.8) is 0 Å². The summed E-state index contributed by atoms with van der Waals surface area (Å²) in [6.07, 6.45) is 1.65. The second-order valence-corrected chi connectivity index (χ2v) is 6.50. The molecule has 0 bridgehead atoms. The first kappa shape index (κ1) is 17.2. The molecule has 0 radical (unpaired) electrons. The summed E-state index contributed by atoms with van der Waals surface area (Å²) in [4.78, 5) is 13.1. The number of halogens is 2. The van der Waals surface area contributed by atoms with Gasteiger partial charge < -0.3 is 5.32 Å². The summed E-state index contributed by atoms with van der Waals surface area (Å²) in [7, 11) is 0. The van der Waals surface area contributed by atoms with Crippen LogP contribution in [0.2, 0.25) is 10.0 Å². The lowest BCUT2D eigenvalue weighted by atomic mass is 10.0. The van der Waals surface area contributed by atoms with Crippen LogP contribution in [0, 0.1) is 11.3 Å². The van der Waals surface area contributed by atoms with E-state index in [-0.39, 0.29) is 5.69 Å². The highest BCUT2D eigenvalue weighted by molar-refractivity contribution is 6.39. The number of benzene rings is 2. The Kier molecular flexibility index (Phi) is 4.59. The van der Waals surface area contributed by atoms with Crippen molar-refractivity contribution in [1.82, 2.24) is 15.0 Å². The van der Waals surface area contributed by atoms with Crippen molar-refractivity contribution in [2.24, 2.45) is 0 Å². The fraction of sp³-hybridized carbons (Fsp3) is 0. The van der Waals surface area contributed by atoms with E-state index in [4.69, 9.17) is 23.2 Å². The van der Waals surface area contributed by atoms with Gasteiger partial charge in [0.05, 0.1) is 0 Å². The van der Waals surface area contributed by atoms with Crippen molar-refractivity contribution in [2.75, 3.05) is 5.32 Å². The van der Waals surface area contributed by atoms with E-state index in [0.717, 1.165) is 5.69 Å². The number of anilines is 2. The molecule has 2 aromatic heterocycles. The molecule has 2 heterocycles. The monoisotopic (exact) mass is 391 g/mol. The number of rotatable bonds is 3. The molecule has 0 saturated carbocycles. The summed E-state index contributed by atoms with van der Waals surface area (Å²) in [5, 5.41) is 14.3. The zero-order valence-electron chi connectivity index (χ0n) is 13.8. The summed E-state index contributed by atoms with van der Waals surface area (Å²) < 4.78 is 0. The van der Waals surface area contributed by atoms with E-state index >= 15 is 0 Å². The minimum absolute atomic E-state index is 0.196. The molecule has 130 valence electrons. The number of para-hydroxylation sites is 1. The molecule has 27 heavy (non-hydrogen) atoms. The van der Waals surface area contributed by atoms with Crippen molar-refractivity contribution in [1.29, 1.82) is 5.26 Å². The van der Waals surface area contributed by atoms with Gasteiger partial charge in [0.1, 0.15) is 6.07 Å². The number of hydrogen-bond donors (Lipinski definition) is 1. The maximum atomic E-state index is 9.57. The van der Waals surface area contributed by atoms with Crippen molar-refractivity contribution in [2.45, 2.75) is 0 Å². The van der Waals surface area contributed by atoms with Gasteiger partial charge in [0, 0.05) is 38.4 Å². The number of nitrogens with zero attached hydrogens (tertiary/aromatic N) is 4. The average molecular weight is 392 g/mol. The SMILES string of the molecule is N#Cc1nc2nc(Nc3ccccc3)ncc2cc1-c1c(Cl)cccc1Cl. The van der Waals surface area contributed by atoms with E-state index in [1.807, 2.05) is 30.3 Å². The van der Waals surface area contributed by atoms with Gasteiger partial charge in [0.25, 0.3) is 0 Å². The molecule has 4 rings (SSSR count). The largest absolute Gasteiger partial charge is 0.324 e. The maximum absolute atomic E-state index is 9.57. The number of nitrogens with one attached hydrogen (secondary N) is 1. The van der Waals surface area contributed by atoms with Crippen molar-refractivity contribution in [3.8, 4) is 17.2 Å². The topological polar surface area (TPSA) is 74.5 Å². The van der Waals surface area contributed by atoms with Crippen LogP contribution in [0.25, 0.3) is 22.2 Å². The van der Waals surface area contributed by atoms with E-state index in [9.17, 15) is 5.26 Å². The van der Waals surface area contributed by atoms with Crippen molar-refractivity contribution in [3.05, 3.63) is 76.5 Å². The molecular formula is C20H11Cl2N5. The summed E-state index contributed by atoms with van der Waals surface area (Å²) >= 11 is 12.6. The van der Waals surface area contributed by atoms with E-state index in [1.54, 1.807) is 30.5 Å². The highest BCUT2D eigenvalue weighted by atomic mass is 35.5. The first-order chi connectivity index (χ1) is 13.2. The molecule has 4 aromatic rings. The van der Waals surface area contributed by atoms with Gasteiger partial charge >= 0.3 is 0 Å². The smallest absolute Gasteiger partial charge is 0.229 e. The molecule has 7 heteroatoms. The zero-order chi connectivity index (χ0) is 18.8. The fourth-order valence-electron chi connectivity index (χ4n) is 2.71. The molecule has 0 atom stereocenters. The molecule has 0 aliphatic heterocycles. The van der Waals surface area contributed by atoms with Crippen LogP contribution in [0.15, 0.2) is 60.8 Å². The summed E-state index contributed by atoms with van der Waals surface area (Å²) in [6, 6.07) is 18.6. The third-order valence-electron chi connectivity index (χ3n) is 3.94. The van der Waals surface area contributed by atoms with E-state index in [1.165, 1.54) is 0 Å². The second-order valence-electron chi connectivity index (χ2n) is 5.69. The number of aromatic nitrogens is 3. The molecule has 0 unspecified atom stereocenters. The van der Waals surface area contributed by atoms with Crippen LogP contribution in [0.3, 0.4) is 0 Å². The minimum Gasteiger partial charge on any atom is -0.324 e. The predicted molar refractivity (Wildman–Crippen MR) is 107 cm³/mol. The van der Waals surface area contributed by atoms with Gasteiger partial charge in [0.2, 0.25) is 5.95 Å². The van der Waals surface area contributed by atoms with Crippen LogP contribution in [-0.2, 0) is 0 Å². The van der Waals surface area contributed by atoms with Gasteiger partial charge in [-0.05, 0) is 30.3 Å². The molecule has 0 spiro atoms. The van der Waals surface area contributed by atoms with Crippen LogP contribution < -0.4 is 5.32 Å². The van der Waals surface area contributed by atoms with Crippen molar-refractivity contribution >= 4 is 45.9 Å². The van der Waals surface area contributed by atoms with Gasteiger partial charge in [0.15, 0.2) is 11.3 Å². The van der Waals surface area contributed by atoms with Gasteiger partial charge in [-0.25, -0.2) is 9.97 Å². The van der Waals surface area contributed by atoms with Crippen LogP contribution in [-0.4, -0.2) is 15.0 Å². The third-order valence-corrected chi connectivity index (χ3v) is 4.57. The standard InChI is InChI=1S/C20H11Cl2N5/c21-15-7-4-8-16(22)18(15)14-9-12-11-24-20(25-13-5-2-1-3-6-13)27-19(12)26-17(14)10-23/h1-9,11H,(H,24,25,26,27). The van der Waals surface area contributed by atoms with Gasteiger partial charge in [-0.3, -0.25) is 0 Å². The normalized spacial score (nSPS) is 10.6. The lowest BCUT2D eigenvalue weighted by Crippen LogP contribution is -2.00. The van der Waals surface area contributed by atoms with E-state index in [0.29, 0.717) is 38.2 Å². The van der Waals surface area contributed by atoms with Gasteiger partial charge in [-0.2, -0.15) is 10.2 Å². The Morgan fingerprint density at radius 3 is 2.37 bits per heavy atom. The van der Waals surface area contributed by atoms with Gasteiger partial charge in [-0.1, -0.05) is 47.5 Å². The highest BCUT2D eigenvalue weighted by Gasteiger charge is 2.16. The molecule has 1 N–H and O–H groups in total. The predicted octanol–water partition coefficient (Wildman–Crippen LogP) is 5.61. The number of fused-ring (bicyclic) bond motifs is 1. The highest BCUT2D eigenvalue weighted by Crippen LogP contribution is 2.37. The van der Waals surface area contributed by atoms with E-state index < -0.39 is 0 Å². The first-order valence-electron chi connectivity index (χ1n) is 8.00. The Morgan fingerprint density at radius 2 is 1.67 bits per heavy atom. The fourth-order valence-corrected chi connectivity index (χ4v) is 3.31. The Morgan fingerprint density at radius 1 is 0.926 bits per heavy atom. The Balaban J connectivity index is 1.83. The zero-order valence-corrected chi connectivity index (χ0v) is 15.3. The van der Waals surface area contributed by atoms with Crippen LogP contribution >= 0.6 is 23.2 Å². The molecule has 0 fully saturated rings. The minimum atomic E-state index is 0.196. The lowest BCUT2D eigenvalue weighted by molar-refractivity contribution is 1.17. The Hall–Kier alpha value is -3.20. The first-order valence-corrected chi connectivity index (χ1v) is 8.75. The molecule has 2 aromatic carbocycles. The quantitative estimate of drug-likeness (QED) is 0.490. The van der Waals surface area contributed by atoms with Gasteiger partial charge in [-0.15, -0.1) is 0 Å². The lowest BCUT2D eigenvalue weighted by Gasteiger charge is -2.10. The number of hydrogen-bond acceptors (Lipinski definition) is 5. The molecule has 0 aliphatic carbocycles. The Labute approximate surface area is 165 Å². The molecule has 0 aliphatic rings. The molecule has 0 amide bonds. The average Bonchev–Trinajstić information content (AvgIpc) is 2.68. The van der Waals surface area contributed by atoms with Crippen LogP contribution in [0.5, 0.6) is 0 Å². The van der Waals surface area contributed by atoms with Crippen molar-refractivity contribution < 1.29 is 0 Å². The second kappa shape index (κ2) is 7.20. The summed E-state index contributed by atoms with van der Waals surface area (Å²) in [5.41, 5.74) is 2.58. The summed E-state index contributed by atoms with van der Waals surface area (Å²) in [6.45, 7) is 0. The van der Waals surface area contributed by atoms with Crippen LogP contribution in [0.1, 0.15) is 5.69 Å². The number of pyridine rings is 1. The third kappa shape index (κ3) is 3.41. The maximum Gasteiger partial charge on any atom is 0.229 e. The van der Waals surface area contributed by atoms with Crippen LogP contribution in [0.4, 0.5) is 11.6 Å². The number of nitriles is 1. The Bertz CT molecular complexity index is 1170. The molecule has 0 saturated heterocycles. The molecule has 5 nitrogen and oxygen atoms in total.